The monoisotopic (exact) mass is 209 g/mol. The number of oxime groups is 1. The van der Waals surface area contributed by atoms with Gasteiger partial charge in [-0.1, -0.05) is 10.3 Å². The van der Waals surface area contributed by atoms with Gasteiger partial charge in [0.2, 0.25) is 0 Å². The molecule has 6 heteroatoms. The second-order valence-electron chi connectivity index (χ2n) is 3.34. The third kappa shape index (κ3) is 1.98. The molecule has 15 heavy (non-hydrogen) atoms. The molecule has 2 rings (SSSR count). The number of likely N-dealkylation sites (tertiary alicyclic amines) is 1. The maximum Gasteiger partial charge on any atom is 0.276 e. The number of carbonyl (C=O) groups is 1. The third-order valence-electron chi connectivity index (χ3n) is 2.43. The molecule has 0 bridgehead atoms. The first-order valence-corrected chi connectivity index (χ1v) is 4.70. The van der Waals surface area contributed by atoms with Crippen molar-refractivity contribution in [1.29, 1.82) is 0 Å². The number of amides is 1. The van der Waals surface area contributed by atoms with E-state index in [9.17, 15) is 4.79 Å². The Morgan fingerprint density at radius 3 is 2.80 bits per heavy atom. The van der Waals surface area contributed by atoms with Gasteiger partial charge in [0.1, 0.15) is 6.26 Å². The van der Waals surface area contributed by atoms with Gasteiger partial charge in [-0.2, -0.15) is 0 Å². The molecule has 1 amide bonds. The fraction of sp³-hybridized carbons (Fsp3) is 0.444. The number of hydrogen-bond donors (Lipinski definition) is 1. The van der Waals surface area contributed by atoms with Crippen molar-refractivity contribution in [2.45, 2.75) is 12.8 Å². The van der Waals surface area contributed by atoms with Gasteiger partial charge in [-0.05, 0) is 0 Å². The summed E-state index contributed by atoms with van der Waals surface area (Å²) in [4.78, 5) is 13.4. The molecule has 1 aromatic heterocycles. The van der Waals surface area contributed by atoms with Crippen LogP contribution in [0.2, 0.25) is 0 Å². The smallest absolute Gasteiger partial charge is 0.276 e. The van der Waals surface area contributed by atoms with Crippen molar-refractivity contribution in [3.63, 3.8) is 0 Å². The van der Waals surface area contributed by atoms with E-state index in [-0.39, 0.29) is 5.91 Å². The molecule has 1 aliphatic rings. The zero-order valence-electron chi connectivity index (χ0n) is 8.09. The van der Waals surface area contributed by atoms with Crippen LogP contribution in [0.15, 0.2) is 22.0 Å². The zero-order valence-corrected chi connectivity index (χ0v) is 8.09. The molecule has 2 heterocycles. The molecule has 0 saturated carbocycles. The Hall–Kier alpha value is -1.85. The minimum atomic E-state index is -0.138. The normalized spacial score (nSPS) is 16.5. The average molecular weight is 209 g/mol. The number of piperidine rings is 1. The van der Waals surface area contributed by atoms with E-state index < -0.39 is 0 Å². The number of nitrogens with zero attached hydrogens (tertiary/aromatic N) is 3. The second kappa shape index (κ2) is 4.12. The van der Waals surface area contributed by atoms with Gasteiger partial charge in [0.25, 0.3) is 5.91 Å². The Labute approximate surface area is 86.1 Å². The van der Waals surface area contributed by atoms with Gasteiger partial charge < -0.3 is 14.6 Å². The summed E-state index contributed by atoms with van der Waals surface area (Å²) in [5.74, 6) is -0.138. The zero-order chi connectivity index (χ0) is 10.7. The van der Waals surface area contributed by atoms with Crippen molar-refractivity contribution in [3.05, 3.63) is 18.0 Å². The van der Waals surface area contributed by atoms with Gasteiger partial charge in [0.15, 0.2) is 5.69 Å². The molecule has 0 atom stereocenters. The summed E-state index contributed by atoms with van der Waals surface area (Å²) < 4.78 is 4.61. The van der Waals surface area contributed by atoms with Crippen LogP contribution in [0.5, 0.6) is 0 Å². The molecule has 0 radical (unpaired) electrons. The first-order chi connectivity index (χ1) is 7.31. The summed E-state index contributed by atoms with van der Waals surface area (Å²) in [5, 5.41) is 15.3. The molecule has 0 aliphatic carbocycles. The third-order valence-corrected chi connectivity index (χ3v) is 2.43. The van der Waals surface area contributed by atoms with Crippen LogP contribution in [0.1, 0.15) is 23.3 Å². The highest BCUT2D eigenvalue weighted by atomic mass is 16.5. The van der Waals surface area contributed by atoms with E-state index in [0.29, 0.717) is 31.6 Å². The quantitative estimate of drug-likeness (QED) is 0.546. The van der Waals surface area contributed by atoms with Crippen molar-refractivity contribution in [2.24, 2.45) is 5.16 Å². The van der Waals surface area contributed by atoms with Gasteiger partial charge in [-0.15, -0.1) is 0 Å². The van der Waals surface area contributed by atoms with E-state index in [2.05, 4.69) is 14.8 Å². The molecule has 0 unspecified atom stereocenters. The van der Waals surface area contributed by atoms with Gasteiger partial charge in [0, 0.05) is 32.0 Å². The van der Waals surface area contributed by atoms with Crippen LogP contribution in [0.4, 0.5) is 0 Å². The SMILES string of the molecule is O=C(c1ccon1)N1CCC(=NO)CC1. The Morgan fingerprint density at radius 1 is 1.53 bits per heavy atom. The number of aromatic nitrogens is 1. The summed E-state index contributed by atoms with van der Waals surface area (Å²) in [6.07, 6.45) is 2.60. The topological polar surface area (TPSA) is 78.9 Å². The van der Waals surface area contributed by atoms with Gasteiger partial charge in [-0.3, -0.25) is 4.79 Å². The average Bonchev–Trinajstić information content (AvgIpc) is 2.82. The lowest BCUT2D eigenvalue weighted by Crippen LogP contribution is -2.38. The molecular weight excluding hydrogens is 198 g/mol. The Bertz CT molecular complexity index is 362. The fourth-order valence-electron chi connectivity index (χ4n) is 1.55. The molecule has 1 aromatic rings. The van der Waals surface area contributed by atoms with Crippen molar-refractivity contribution < 1.29 is 14.5 Å². The predicted molar refractivity (Wildman–Crippen MR) is 50.9 cm³/mol. The van der Waals surface area contributed by atoms with E-state index >= 15 is 0 Å². The van der Waals surface area contributed by atoms with Crippen LogP contribution < -0.4 is 0 Å². The van der Waals surface area contributed by atoms with E-state index in [4.69, 9.17) is 5.21 Å². The van der Waals surface area contributed by atoms with Crippen LogP contribution in [0.25, 0.3) is 0 Å². The molecular formula is C9H11N3O3. The predicted octanol–water partition coefficient (Wildman–Crippen LogP) is 0.741. The highest BCUT2D eigenvalue weighted by molar-refractivity contribution is 5.94. The van der Waals surface area contributed by atoms with Crippen LogP contribution in [0.3, 0.4) is 0 Å². The summed E-state index contributed by atoms with van der Waals surface area (Å²) >= 11 is 0. The maximum atomic E-state index is 11.8. The molecule has 6 nitrogen and oxygen atoms in total. The summed E-state index contributed by atoms with van der Waals surface area (Å²) in [6.45, 7) is 1.12. The van der Waals surface area contributed by atoms with Crippen LogP contribution in [0, 0.1) is 0 Å². The lowest BCUT2D eigenvalue weighted by molar-refractivity contribution is 0.0743. The van der Waals surface area contributed by atoms with Gasteiger partial charge in [-0.25, -0.2) is 0 Å². The lowest BCUT2D eigenvalue weighted by Gasteiger charge is -2.26. The molecule has 1 fully saturated rings. The van der Waals surface area contributed by atoms with Crippen LogP contribution in [-0.2, 0) is 0 Å². The fourth-order valence-corrected chi connectivity index (χ4v) is 1.55. The molecule has 1 N–H and O–H groups in total. The Morgan fingerprint density at radius 2 is 2.27 bits per heavy atom. The minimum Gasteiger partial charge on any atom is -0.411 e. The first-order valence-electron chi connectivity index (χ1n) is 4.70. The highest BCUT2D eigenvalue weighted by Crippen LogP contribution is 2.10. The first kappa shape index (κ1) is 9.70. The van der Waals surface area contributed by atoms with E-state index in [1.54, 1.807) is 4.90 Å². The van der Waals surface area contributed by atoms with Crippen molar-refractivity contribution in [1.82, 2.24) is 10.1 Å². The second-order valence-corrected chi connectivity index (χ2v) is 3.34. The molecule has 1 saturated heterocycles. The molecule has 80 valence electrons. The van der Waals surface area contributed by atoms with Crippen molar-refractivity contribution >= 4 is 11.6 Å². The molecule has 0 spiro atoms. The lowest BCUT2D eigenvalue weighted by atomic mass is 10.1. The van der Waals surface area contributed by atoms with E-state index in [1.807, 2.05) is 0 Å². The highest BCUT2D eigenvalue weighted by Gasteiger charge is 2.22. The summed E-state index contributed by atoms with van der Waals surface area (Å²) in [7, 11) is 0. The van der Waals surface area contributed by atoms with Gasteiger partial charge >= 0.3 is 0 Å². The number of rotatable bonds is 1. The molecule has 0 aromatic carbocycles. The maximum absolute atomic E-state index is 11.8. The van der Waals surface area contributed by atoms with E-state index in [0.717, 1.165) is 5.71 Å². The van der Waals surface area contributed by atoms with Crippen LogP contribution >= 0.6 is 0 Å². The number of hydrogen-bond acceptors (Lipinski definition) is 5. The summed E-state index contributed by atoms with van der Waals surface area (Å²) in [6, 6.07) is 1.54. The minimum absolute atomic E-state index is 0.138. The van der Waals surface area contributed by atoms with Gasteiger partial charge in [0.05, 0.1) is 5.71 Å². The van der Waals surface area contributed by atoms with E-state index in [1.165, 1.54) is 12.3 Å². The Balaban J connectivity index is 1.99. The van der Waals surface area contributed by atoms with Crippen molar-refractivity contribution in [3.8, 4) is 0 Å². The summed E-state index contributed by atoms with van der Waals surface area (Å²) in [5.41, 5.74) is 1.05. The number of carbonyl (C=O) groups excluding carboxylic acids is 1. The molecule has 1 aliphatic heterocycles. The largest absolute Gasteiger partial charge is 0.411 e. The Kier molecular flexibility index (Phi) is 2.66. The standard InChI is InChI=1S/C9H11N3O3/c13-9(8-3-6-15-11-8)12-4-1-7(10-14)2-5-12/h3,6,14H,1-2,4-5H2. The van der Waals surface area contributed by atoms with Crippen LogP contribution in [-0.4, -0.2) is 40.0 Å². The van der Waals surface area contributed by atoms with Crippen molar-refractivity contribution in [2.75, 3.05) is 13.1 Å².